The van der Waals surface area contributed by atoms with Gasteiger partial charge in [0.15, 0.2) is 0 Å². The molecular weight excluding hydrogens is 270 g/mol. The van der Waals surface area contributed by atoms with Crippen LogP contribution in [0.4, 0.5) is 5.69 Å². The van der Waals surface area contributed by atoms with Crippen LogP contribution >= 0.6 is 15.9 Å². The van der Waals surface area contributed by atoms with Crippen LogP contribution in [0, 0.1) is 0 Å². The molecule has 1 aliphatic heterocycles. The molecule has 3 rings (SSSR count). The minimum atomic E-state index is 0.844. The molecule has 0 saturated heterocycles. The third-order valence-corrected chi connectivity index (χ3v) is 3.33. The van der Waals surface area contributed by atoms with Crippen molar-refractivity contribution in [1.29, 1.82) is 0 Å². The Morgan fingerprint density at radius 3 is 3.19 bits per heavy atom. The summed E-state index contributed by atoms with van der Waals surface area (Å²) < 4.78 is 0.989. The minimum Gasteiger partial charge on any atom is -0.296 e. The lowest BCUT2D eigenvalue weighted by Gasteiger charge is -2.17. The number of anilines is 1. The highest BCUT2D eigenvalue weighted by molar-refractivity contribution is 9.10. The van der Waals surface area contributed by atoms with E-state index in [1.54, 1.807) is 6.20 Å². The maximum atomic E-state index is 4.15. The van der Waals surface area contributed by atoms with Crippen molar-refractivity contribution in [3.63, 3.8) is 0 Å². The summed E-state index contributed by atoms with van der Waals surface area (Å²) in [5.41, 5.74) is 5.29. The predicted molar refractivity (Wildman–Crippen MR) is 67.5 cm³/mol. The fourth-order valence-corrected chi connectivity index (χ4v) is 2.22. The van der Waals surface area contributed by atoms with E-state index in [1.165, 1.54) is 0 Å². The van der Waals surface area contributed by atoms with Crippen LogP contribution in [0.2, 0.25) is 0 Å². The third kappa shape index (κ3) is 1.55. The van der Waals surface area contributed by atoms with E-state index in [2.05, 4.69) is 36.5 Å². The Balaban J connectivity index is 1.96. The number of hydrogen-bond donors (Lipinski definition) is 2. The van der Waals surface area contributed by atoms with Crippen LogP contribution in [-0.4, -0.2) is 34.6 Å². The second kappa shape index (κ2) is 3.79. The fourth-order valence-electron chi connectivity index (χ4n) is 1.68. The molecule has 16 heavy (non-hydrogen) atoms. The van der Waals surface area contributed by atoms with Gasteiger partial charge < -0.3 is 0 Å². The molecule has 0 radical (unpaired) electrons. The van der Waals surface area contributed by atoms with Crippen LogP contribution in [0.5, 0.6) is 0 Å². The molecular formula is C10H10BrN5. The van der Waals surface area contributed by atoms with Crippen molar-refractivity contribution in [3.8, 4) is 0 Å². The van der Waals surface area contributed by atoms with Gasteiger partial charge in [0.05, 0.1) is 35.0 Å². The standard InChI is InChI=1S/C10H10BrN5/c11-9-8(15-16-4-3-12-6-16)2-1-7-5-13-14-10(7)9/h1-2,5-6,15H,3-4H2,(H,13,14). The Hall–Kier alpha value is -1.56. The van der Waals surface area contributed by atoms with Crippen molar-refractivity contribution in [2.24, 2.45) is 4.99 Å². The highest BCUT2D eigenvalue weighted by atomic mass is 79.9. The molecule has 0 bridgehead atoms. The molecule has 2 aromatic rings. The maximum absolute atomic E-state index is 4.15. The molecule has 2 heterocycles. The van der Waals surface area contributed by atoms with E-state index >= 15 is 0 Å². The lowest BCUT2D eigenvalue weighted by Crippen LogP contribution is -2.26. The van der Waals surface area contributed by atoms with E-state index in [1.807, 2.05) is 23.5 Å². The summed E-state index contributed by atoms with van der Waals surface area (Å²) in [5, 5.41) is 10.0. The van der Waals surface area contributed by atoms with Gasteiger partial charge in [-0.25, -0.2) is 0 Å². The molecule has 0 fully saturated rings. The van der Waals surface area contributed by atoms with E-state index in [0.29, 0.717) is 0 Å². The largest absolute Gasteiger partial charge is 0.296 e. The number of H-pyrrole nitrogens is 1. The van der Waals surface area contributed by atoms with Crippen LogP contribution in [0.1, 0.15) is 0 Å². The first-order valence-corrected chi connectivity index (χ1v) is 5.79. The molecule has 1 aromatic carbocycles. The van der Waals surface area contributed by atoms with Gasteiger partial charge in [-0.2, -0.15) is 5.10 Å². The first-order valence-electron chi connectivity index (χ1n) is 4.99. The van der Waals surface area contributed by atoms with Gasteiger partial charge in [-0.05, 0) is 28.1 Å². The highest BCUT2D eigenvalue weighted by Crippen LogP contribution is 2.30. The highest BCUT2D eigenvalue weighted by Gasteiger charge is 2.10. The number of rotatable bonds is 2. The van der Waals surface area contributed by atoms with E-state index in [9.17, 15) is 0 Å². The quantitative estimate of drug-likeness (QED) is 0.884. The lowest BCUT2D eigenvalue weighted by molar-refractivity contribution is 0.557. The van der Waals surface area contributed by atoms with Crippen molar-refractivity contribution in [1.82, 2.24) is 15.2 Å². The van der Waals surface area contributed by atoms with Crippen LogP contribution < -0.4 is 5.43 Å². The summed E-state index contributed by atoms with van der Waals surface area (Å²) in [6.45, 7) is 1.74. The van der Waals surface area contributed by atoms with Crippen molar-refractivity contribution in [3.05, 3.63) is 22.8 Å². The summed E-state index contributed by atoms with van der Waals surface area (Å²) in [6.07, 6.45) is 3.62. The first kappa shape index (κ1) is 9.65. The molecule has 1 aliphatic rings. The molecule has 82 valence electrons. The Morgan fingerprint density at radius 2 is 2.38 bits per heavy atom. The van der Waals surface area contributed by atoms with Crippen LogP contribution in [0.3, 0.4) is 0 Å². The summed E-state index contributed by atoms with van der Waals surface area (Å²) in [6, 6.07) is 4.05. The molecule has 0 amide bonds. The molecule has 5 nitrogen and oxygen atoms in total. The van der Waals surface area contributed by atoms with Crippen LogP contribution in [-0.2, 0) is 0 Å². The number of aromatic nitrogens is 2. The Bertz CT molecular complexity index is 547. The molecule has 0 spiro atoms. The number of aliphatic imine (C=N–C) groups is 1. The first-order chi connectivity index (χ1) is 7.84. The predicted octanol–water partition coefficient (Wildman–Crippen LogP) is 2.00. The summed E-state index contributed by atoms with van der Waals surface area (Å²) in [7, 11) is 0. The van der Waals surface area contributed by atoms with Gasteiger partial charge in [0.1, 0.15) is 6.34 Å². The maximum Gasteiger partial charge on any atom is 0.104 e. The fraction of sp³-hybridized carbons (Fsp3) is 0.200. The van der Waals surface area contributed by atoms with Crippen molar-refractivity contribution < 1.29 is 0 Å². The number of hydrogen-bond acceptors (Lipinski definition) is 4. The van der Waals surface area contributed by atoms with E-state index in [-0.39, 0.29) is 0 Å². The molecule has 0 saturated carbocycles. The molecule has 2 N–H and O–H groups in total. The van der Waals surface area contributed by atoms with Gasteiger partial charge in [0, 0.05) is 5.39 Å². The number of nitrogens with one attached hydrogen (secondary N) is 2. The zero-order valence-corrected chi connectivity index (χ0v) is 10.0. The normalized spacial score (nSPS) is 14.9. The Labute approximate surface area is 101 Å². The molecule has 6 heteroatoms. The second-order valence-corrected chi connectivity index (χ2v) is 4.38. The monoisotopic (exact) mass is 279 g/mol. The smallest absolute Gasteiger partial charge is 0.104 e. The third-order valence-electron chi connectivity index (χ3n) is 2.51. The van der Waals surface area contributed by atoms with Gasteiger partial charge in [-0.1, -0.05) is 0 Å². The minimum absolute atomic E-state index is 0.844. The molecule has 0 unspecified atom stereocenters. The molecule has 1 aromatic heterocycles. The summed E-state index contributed by atoms with van der Waals surface area (Å²) in [5.74, 6) is 0. The topological polar surface area (TPSA) is 56.3 Å². The number of hydrazine groups is 1. The average Bonchev–Trinajstić information content (AvgIpc) is 2.93. The van der Waals surface area contributed by atoms with E-state index in [4.69, 9.17) is 0 Å². The van der Waals surface area contributed by atoms with Crippen molar-refractivity contribution >= 4 is 38.9 Å². The summed E-state index contributed by atoms with van der Waals surface area (Å²) in [4.78, 5) is 4.15. The zero-order chi connectivity index (χ0) is 11.0. The van der Waals surface area contributed by atoms with Gasteiger partial charge in [-0.3, -0.25) is 20.5 Å². The number of halogens is 1. The van der Waals surface area contributed by atoms with Gasteiger partial charge >= 0.3 is 0 Å². The van der Waals surface area contributed by atoms with Crippen LogP contribution in [0.15, 0.2) is 27.8 Å². The summed E-state index contributed by atoms with van der Waals surface area (Å²) >= 11 is 3.56. The SMILES string of the molecule is Brc1c(NN2C=NCC2)ccc2cn[nH]c12. The Morgan fingerprint density at radius 1 is 1.44 bits per heavy atom. The van der Waals surface area contributed by atoms with Gasteiger partial charge in [0.25, 0.3) is 0 Å². The van der Waals surface area contributed by atoms with Gasteiger partial charge in [-0.15, -0.1) is 0 Å². The van der Waals surface area contributed by atoms with Gasteiger partial charge in [0.2, 0.25) is 0 Å². The van der Waals surface area contributed by atoms with E-state index in [0.717, 1.165) is 34.2 Å². The van der Waals surface area contributed by atoms with E-state index < -0.39 is 0 Å². The molecule has 0 aliphatic carbocycles. The molecule has 0 atom stereocenters. The second-order valence-electron chi connectivity index (χ2n) is 3.59. The number of nitrogens with zero attached hydrogens (tertiary/aromatic N) is 3. The number of fused-ring (bicyclic) bond motifs is 1. The zero-order valence-electron chi connectivity index (χ0n) is 8.44. The van der Waals surface area contributed by atoms with Crippen molar-refractivity contribution in [2.75, 3.05) is 18.5 Å². The lowest BCUT2D eigenvalue weighted by atomic mass is 10.2. The number of aromatic amines is 1. The van der Waals surface area contributed by atoms with Crippen LogP contribution in [0.25, 0.3) is 10.9 Å². The van der Waals surface area contributed by atoms with Crippen molar-refractivity contribution in [2.45, 2.75) is 0 Å². The average molecular weight is 280 g/mol. The Kier molecular flexibility index (Phi) is 2.28. The number of benzene rings is 1.